The van der Waals surface area contributed by atoms with Crippen molar-refractivity contribution < 1.29 is 0 Å². The smallest absolute Gasteiger partial charge is 0.129 e. The van der Waals surface area contributed by atoms with Crippen LogP contribution in [0.1, 0.15) is 24.9 Å². The zero-order chi connectivity index (χ0) is 12.8. The van der Waals surface area contributed by atoms with Gasteiger partial charge in [-0.3, -0.25) is 0 Å². The Morgan fingerprint density at radius 2 is 1.89 bits per heavy atom. The number of allylic oxidation sites excluding steroid dienone is 2. The summed E-state index contributed by atoms with van der Waals surface area (Å²) < 4.78 is 0. The van der Waals surface area contributed by atoms with Gasteiger partial charge in [0.05, 0.1) is 5.69 Å². The number of hydrogen-bond acceptors (Lipinski definition) is 2. The molecule has 2 heteroatoms. The van der Waals surface area contributed by atoms with Crippen molar-refractivity contribution in [2.24, 2.45) is 0 Å². The Balaban J connectivity index is 2.27. The molecule has 92 valence electrons. The van der Waals surface area contributed by atoms with Gasteiger partial charge in [-0.15, -0.1) is 0 Å². The minimum absolute atomic E-state index is 0.895. The van der Waals surface area contributed by atoms with Gasteiger partial charge in [0.15, 0.2) is 0 Å². The van der Waals surface area contributed by atoms with Crippen molar-refractivity contribution in [3.63, 3.8) is 0 Å². The summed E-state index contributed by atoms with van der Waals surface area (Å²) >= 11 is 0. The van der Waals surface area contributed by atoms with Crippen LogP contribution >= 0.6 is 0 Å². The maximum absolute atomic E-state index is 4.63. The van der Waals surface area contributed by atoms with Gasteiger partial charge in [0.2, 0.25) is 0 Å². The van der Waals surface area contributed by atoms with Gasteiger partial charge in [-0.2, -0.15) is 0 Å². The van der Waals surface area contributed by atoms with E-state index in [1.54, 1.807) is 0 Å². The highest BCUT2D eigenvalue weighted by Gasteiger charge is 2.03. The van der Waals surface area contributed by atoms with Crippen LogP contribution in [0.5, 0.6) is 0 Å². The highest BCUT2D eigenvalue weighted by Crippen LogP contribution is 2.17. The van der Waals surface area contributed by atoms with Crippen LogP contribution in [-0.2, 0) is 6.42 Å². The topological polar surface area (TPSA) is 25.8 Å². The summed E-state index contributed by atoms with van der Waals surface area (Å²) in [6.07, 6.45) is 6.10. The van der Waals surface area contributed by atoms with Crippen LogP contribution in [0.25, 0.3) is 11.3 Å². The lowest BCUT2D eigenvalue weighted by atomic mass is 10.1. The summed E-state index contributed by atoms with van der Waals surface area (Å²) in [5, 5.41) is 0. The van der Waals surface area contributed by atoms with Gasteiger partial charge in [0.25, 0.3) is 0 Å². The Labute approximate surface area is 108 Å². The largest absolute Gasteiger partial charge is 0.238 e. The predicted molar refractivity (Wildman–Crippen MR) is 75.3 cm³/mol. The molecule has 2 rings (SSSR count). The molecule has 1 heterocycles. The number of nitrogens with zero attached hydrogens (tertiary/aromatic N) is 2. The van der Waals surface area contributed by atoms with Crippen LogP contribution in [0.3, 0.4) is 0 Å². The Kier molecular flexibility index (Phi) is 4.24. The summed E-state index contributed by atoms with van der Waals surface area (Å²) in [6, 6.07) is 12.3. The molecule has 0 aliphatic carbocycles. The normalized spacial score (nSPS) is 11.0. The molecule has 2 aromatic rings. The Morgan fingerprint density at radius 1 is 1.11 bits per heavy atom. The number of rotatable bonds is 4. The molecule has 0 atom stereocenters. The molecule has 0 unspecified atom stereocenters. The lowest BCUT2D eigenvalue weighted by molar-refractivity contribution is 0.867. The van der Waals surface area contributed by atoms with Crippen molar-refractivity contribution in [3.05, 3.63) is 60.1 Å². The fourth-order valence-corrected chi connectivity index (χ4v) is 1.88. The van der Waals surface area contributed by atoms with Crippen LogP contribution in [0.15, 0.2) is 48.6 Å². The van der Waals surface area contributed by atoms with Crippen LogP contribution in [0.2, 0.25) is 0 Å². The molecule has 0 bridgehead atoms. The second kappa shape index (κ2) is 6.10. The quantitative estimate of drug-likeness (QED) is 0.753. The third-order valence-electron chi connectivity index (χ3n) is 2.74. The van der Waals surface area contributed by atoms with Gasteiger partial charge in [-0.05, 0) is 26.3 Å². The highest BCUT2D eigenvalue weighted by molar-refractivity contribution is 5.58. The standard InChI is InChI=1S/C16H18N2/c1-3-4-6-11-16-17-13(2)12-15(18-16)14-9-7-5-8-10-14/h3-5,7-10,12H,6,11H2,1-2H3/b4-3-. The first-order chi connectivity index (χ1) is 8.79. The van der Waals surface area contributed by atoms with Gasteiger partial charge in [-0.25, -0.2) is 9.97 Å². The van der Waals surface area contributed by atoms with Gasteiger partial charge < -0.3 is 0 Å². The molecule has 2 nitrogen and oxygen atoms in total. The minimum Gasteiger partial charge on any atom is -0.238 e. The van der Waals surface area contributed by atoms with Crippen LogP contribution < -0.4 is 0 Å². The van der Waals surface area contributed by atoms with E-state index in [4.69, 9.17) is 0 Å². The first-order valence-electron chi connectivity index (χ1n) is 6.30. The number of benzene rings is 1. The summed E-state index contributed by atoms with van der Waals surface area (Å²) in [6.45, 7) is 4.06. The van der Waals surface area contributed by atoms with E-state index in [1.807, 2.05) is 38.1 Å². The van der Waals surface area contributed by atoms with Gasteiger partial charge >= 0.3 is 0 Å². The molecule has 0 saturated carbocycles. The first-order valence-corrected chi connectivity index (χ1v) is 6.30. The fourth-order valence-electron chi connectivity index (χ4n) is 1.88. The van der Waals surface area contributed by atoms with E-state index < -0.39 is 0 Å². The van der Waals surface area contributed by atoms with Gasteiger partial charge in [0, 0.05) is 17.7 Å². The first kappa shape index (κ1) is 12.5. The van der Waals surface area contributed by atoms with Crippen molar-refractivity contribution in [3.8, 4) is 11.3 Å². The fraction of sp³-hybridized carbons (Fsp3) is 0.250. The SMILES string of the molecule is C/C=C\CCc1nc(C)cc(-c2ccccc2)n1. The van der Waals surface area contributed by atoms with E-state index in [2.05, 4.69) is 34.3 Å². The molecule has 0 saturated heterocycles. The van der Waals surface area contributed by atoms with E-state index in [0.717, 1.165) is 35.6 Å². The predicted octanol–water partition coefficient (Wildman–Crippen LogP) is 3.96. The lowest BCUT2D eigenvalue weighted by Crippen LogP contribution is -1.98. The van der Waals surface area contributed by atoms with Crippen LogP contribution in [0, 0.1) is 6.92 Å². The van der Waals surface area contributed by atoms with E-state index in [-0.39, 0.29) is 0 Å². The van der Waals surface area contributed by atoms with E-state index in [9.17, 15) is 0 Å². The Morgan fingerprint density at radius 3 is 2.61 bits per heavy atom. The summed E-state index contributed by atoms with van der Waals surface area (Å²) in [7, 11) is 0. The number of aryl methyl sites for hydroxylation is 2. The molecule has 18 heavy (non-hydrogen) atoms. The van der Waals surface area contributed by atoms with Crippen molar-refractivity contribution in [2.75, 3.05) is 0 Å². The van der Waals surface area contributed by atoms with Crippen molar-refractivity contribution >= 4 is 0 Å². The third kappa shape index (κ3) is 3.27. The zero-order valence-electron chi connectivity index (χ0n) is 10.9. The molecular weight excluding hydrogens is 220 g/mol. The molecule has 0 aliphatic heterocycles. The molecule has 0 amide bonds. The number of aromatic nitrogens is 2. The van der Waals surface area contributed by atoms with E-state index >= 15 is 0 Å². The molecule has 0 spiro atoms. The monoisotopic (exact) mass is 238 g/mol. The number of hydrogen-bond donors (Lipinski definition) is 0. The maximum Gasteiger partial charge on any atom is 0.129 e. The van der Waals surface area contributed by atoms with Crippen molar-refractivity contribution in [1.82, 2.24) is 9.97 Å². The molecule has 0 fully saturated rings. The Bertz CT molecular complexity index is 530. The van der Waals surface area contributed by atoms with Gasteiger partial charge in [0.1, 0.15) is 5.82 Å². The highest BCUT2D eigenvalue weighted by atomic mass is 14.9. The molecule has 1 aromatic heterocycles. The average Bonchev–Trinajstić information content (AvgIpc) is 2.39. The Hall–Kier alpha value is -1.96. The summed E-state index contributed by atoms with van der Waals surface area (Å²) in [5.74, 6) is 0.923. The average molecular weight is 238 g/mol. The zero-order valence-corrected chi connectivity index (χ0v) is 10.9. The van der Waals surface area contributed by atoms with Crippen molar-refractivity contribution in [1.29, 1.82) is 0 Å². The van der Waals surface area contributed by atoms with Crippen molar-refractivity contribution in [2.45, 2.75) is 26.7 Å². The molecular formula is C16H18N2. The molecule has 1 aromatic carbocycles. The van der Waals surface area contributed by atoms with Crippen LogP contribution in [0.4, 0.5) is 0 Å². The lowest BCUT2D eigenvalue weighted by Gasteiger charge is -2.05. The van der Waals surface area contributed by atoms with Crippen LogP contribution in [-0.4, -0.2) is 9.97 Å². The van der Waals surface area contributed by atoms with Gasteiger partial charge in [-0.1, -0.05) is 42.5 Å². The second-order valence-electron chi connectivity index (χ2n) is 4.28. The third-order valence-corrected chi connectivity index (χ3v) is 2.74. The van der Waals surface area contributed by atoms with E-state index in [1.165, 1.54) is 0 Å². The minimum atomic E-state index is 0.895. The second-order valence-corrected chi connectivity index (χ2v) is 4.28. The molecule has 0 N–H and O–H groups in total. The summed E-state index contributed by atoms with van der Waals surface area (Å²) in [4.78, 5) is 9.12. The molecule has 0 radical (unpaired) electrons. The summed E-state index contributed by atoms with van der Waals surface area (Å²) in [5.41, 5.74) is 3.19. The maximum atomic E-state index is 4.63. The molecule has 0 aliphatic rings. The van der Waals surface area contributed by atoms with E-state index in [0.29, 0.717) is 0 Å².